The summed E-state index contributed by atoms with van der Waals surface area (Å²) in [5.74, 6) is -0.239. The molecular formula is C11H12ClN5O. The number of anilines is 2. The third-order valence-corrected chi connectivity index (χ3v) is 2.65. The molecular weight excluding hydrogens is 254 g/mol. The van der Waals surface area contributed by atoms with Crippen molar-refractivity contribution in [3.63, 3.8) is 0 Å². The van der Waals surface area contributed by atoms with Crippen molar-refractivity contribution in [2.45, 2.75) is 6.92 Å². The van der Waals surface area contributed by atoms with Crippen molar-refractivity contribution in [2.24, 2.45) is 0 Å². The maximum absolute atomic E-state index is 10.0. The van der Waals surface area contributed by atoms with Crippen molar-refractivity contribution < 1.29 is 5.21 Å². The molecule has 1 aromatic carbocycles. The van der Waals surface area contributed by atoms with Gasteiger partial charge in [0.05, 0.1) is 23.8 Å². The van der Waals surface area contributed by atoms with Crippen molar-refractivity contribution >= 4 is 28.9 Å². The molecule has 0 unspecified atom stereocenters. The van der Waals surface area contributed by atoms with Crippen LogP contribution in [0.5, 0.6) is 0 Å². The second kappa shape index (κ2) is 4.67. The Morgan fingerprint density at radius 3 is 2.89 bits per heavy atom. The molecule has 0 aliphatic heterocycles. The van der Waals surface area contributed by atoms with Gasteiger partial charge in [0.2, 0.25) is 5.96 Å². The first kappa shape index (κ1) is 12.4. The molecule has 0 saturated carbocycles. The van der Waals surface area contributed by atoms with E-state index in [0.717, 1.165) is 10.2 Å². The van der Waals surface area contributed by atoms with E-state index < -0.39 is 0 Å². The molecule has 0 atom stereocenters. The van der Waals surface area contributed by atoms with Crippen LogP contribution in [-0.4, -0.2) is 20.9 Å². The molecule has 0 aliphatic carbocycles. The number of nitrogens with one attached hydrogen (secondary N) is 1. The van der Waals surface area contributed by atoms with Crippen molar-refractivity contribution in [3.05, 3.63) is 41.2 Å². The summed E-state index contributed by atoms with van der Waals surface area (Å²) in [6, 6.07) is 5.04. The van der Waals surface area contributed by atoms with Gasteiger partial charge in [-0.05, 0) is 24.6 Å². The SMILES string of the molecule is Cc1ccc(Cl)cc1N(O)C(=N)n1cc(N)cn1. The van der Waals surface area contributed by atoms with Crippen LogP contribution in [0.2, 0.25) is 5.02 Å². The number of hydrogen-bond acceptors (Lipinski definition) is 4. The van der Waals surface area contributed by atoms with E-state index in [9.17, 15) is 5.21 Å². The predicted octanol–water partition coefficient (Wildman–Crippen LogP) is 2.11. The third kappa shape index (κ3) is 2.29. The molecule has 0 saturated heterocycles. The maximum Gasteiger partial charge on any atom is 0.248 e. The number of aryl methyl sites for hydroxylation is 1. The standard InChI is InChI=1S/C11H12ClN5O/c1-7-2-3-8(12)4-10(7)17(18)11(14)16-6-9(13)5-15-16/h2-6,14,18H,13H2,1H3. The largest absolute Gasteiger partial charge is 0.396 e. The number of halogens is 1. The van der Waals surface area contributed by atoms with Gasteiger partial charge in [-0.2, -0.15) is 10.2 Å². The fourth-order valence-corrected chi connectivity index (χ4v) is 1.64. The minimum absolute atomic E-state index is 0.239. The van der Waals surface area contributed by atoms with Crippen LogP contribution in [0.4, 0.5) is 11.4 Å². The van der Waals surface area contributed by atoms with Gasteiger partial charge in [0.1, 0.15) is 0 Å². The van der Waals surface area contributed by atoms with Crippen molar-refractivity contribution in [2.75, 3.05) is 10.8 Å². The van der Waals surface area contributed by atoms with Gasteiger partial charge in [0.25, 0.3) is 0 Å². The summed E-state index contributed by atoms with van der Waals surface area (Å²) in [6.45, 7) is 1.81. The van der Waals surface area contributed by atoms with Gasteiger partial charge in [-0.3, -0.25) is 10.6 Å². The Bertz CT molecular complexity index is 595. The maximum atomic E-state index is 10.0. The van der Waals surface area contributed by atoms with Crippen molar-refractivity contribution in [1.29, 1.82) is 5.41 Å². The number of hydrogen-bond donors (Lipinski definition) is 3. The number of benzene rings is 1. The fourth-order valence-electron chi connectivity index (χ4n) is 1.47. The number of aromatic nitrogens is 2. The second-order valence-electron chi connectivity index (χ2n) is 3.78. The van der Waals surface area contributed by atoms with E-state index in [0.29, 0.717) is 21.5 Å². The molecule has 0 bridgehead atoms. The molecule has 0 aliphatic rings. The summed E-state index contributed by atoms with van der Waals surface area (Å²) in [5, 5.41) is 22.9. The van der Waals surface area contributed by atoms with E-state index in [1.807, 2.05) is 0 Å². The minimum Gasteiger partial charge on any atom is -0.396 e. The number of nitrogen functional groups attached to an aromatic ring is 1. The zero-order valence-corrected chi connectivity index (χ0v) is 10.4. The smallest absolute Gasteiger partial charge is 0.248 e. The van der Waals surface area contributed by atoms with E-state index in [2.05, 4.69) is 5.10 Å². The predicted molar refractivity (Wildman–Crippen MR) is 70.2 cm³/mol. The molecule has 1 aromatic heterocycles. The van der Waals surface area contributed by atoms with Crippen molar-refractivity contribution in [1.82, 2.24) is 9.78 Å². The summed E-state index contributed by atoms with van der Waals surface area (Å²) >= 11 is 5.87. The quantitative estimate of drug-likeness (QED) is 0.418. The fraction of sp³-hybridized carbons (Fsp3) is 0.0909. The lowest BCUT2D eigenvalue weighted by atomic mass is 10.2. The van der Waals surface area contributed by atoms with E-state index in [-0.39, 0.29) is 5.96 Å². The first-order valence-corrected chi connectivity index (χ1v) is 5.51. The molecule has 4 N–H and O–H groups in total. The Morgan fingerprint density at radius 1 is 1.56 bits per heavy atom. The van der Waals surface area contributed by atoms with Crippen LogP contribution in [0.25, 0.3) is 0 Å². The average Bonchev–Trinajstić information content (AvgIpc) is 2.77. The van der Waals surface area contributed by atoms with Crippen LogP contribution in [0, 0.1) is 12.3 Å². The molecule has 0 fully saturated rings. The van der Waals surface area contributed by atoms with Gasteiger partial charge in [0, 0.05) is 5.02 Å². The Hall–Kier alpha value is -2.05. The van der Waals surface area contributed by atoms with Crippen LogP contribution >= 0.6 is 11.6 Å². The highest BCUT2D eigenvalue weighted by atomic mass is 35.5. The monoisotopic (exact) mass is 265 g/mol. The molecule has 1 heterocycles. The van der Waals surface area contributed by atoms with Crippen LogP contribution in [0.3, 0.4) is 0 Å². The molecule has 2 rings (SSSR count). The molecule has 18 heavy (non-hydrogen) atoms. The molecule has 94 valence electrons. The van der Waals surface area contributed by atoms with Gasteiger partial charge < -0.3 is 5.73 Å². The number of rotatable bonds is 1. The normalized spacial score (nSPS) is 10.4. The highest BCUT2D eigenvalue weighted by Crippen LogP contribution is 2.23. The lowest BCUT2D eigenvalue weighted by Gasteiger charge is -2.19. The Kier molecular flexibility index (Phi) is 3.22. The van der Waals surface area contributed by atoms with Gasteiger partial charge in [-0.1, -0.05) is 17.7 Å². The van der Waals surface area contributed by atoms with E-state index in [4.69, 9.17) is 22.7 Å². The lowest BCUT2D eigenvalue weighted by molar-refractivity contribution is 0.305. The van der Waals surface area contributed by atoms with E-state index in [1.165, 1.54) is 12.4 Å². The lowest BCUT2D eigenvalue weighted by Crippen LogP contribution is -2.33. The summed E-state index contributed by atoms with van der Waals surface area (Å²) in [5.41, 5.74) is 7.12. The Morgan fingerprint density at radius 2 is 2.28 bits per heavy atom. The van der Waals surface area contributed by atoms with Crippen LogP contribution in [0.1, 0.15) is 5.56 Å². The second-order valence-corrected chi connectivity index (χ2v) is 4.22. The number of nitrogens with two attached hydrogens (primary N) is 1. The summed E-state index contributed by atoms with van der Waals surface area (Å²) < 4.78 is 1.16. The molecule has 0 amide bonds. The van der Waals surface area contributed by atoms with Gasteiger partial charge in [0.15, 0.2) is 0 Å². The zero-order chi connectivity index (χ0) is 13.3. The van der Waals surface area contributed by atoms with Gasteiger partial charge >= 0.3 is 0 Å². The molecule has 0 spiro atoms. The zero-order valence-electron chi connectivity index (χ0n) is 9.63. The molecule has 6 nitrogen and oxygen atoms in total. The third-order valence-electron chi connectivity index (χ3n) is 2.42. The summed E-state index contributed by atoms with van der Waals surface area (Å²) in [4.78, 5) is 0. The first-order chi connectivity index (χ1) is 8.49. The first-order valence-electron chi connectivity index (χ1n) is 5.13. The van der Waals surface area contributed by atoms with E-state index >= 15 is 0 Å². The molecule has 2 aromatic rings. The molecule has 7 heteroatoms. The van der Waals surface area contributed by atoms with Crippen molar-refractivity contribution in [3.8, 4) is 0 Å². The highest BCUT2D eigenvalue weighted by molar-refractivity contribution is 6.31. The van der Waals surface area contributed by atoms with Crippen LogP contribution in [-0.2, 0) is 0 Å². The van der Waals surface area contributed by atoms with Crippen LogP contribution in [0.15, 0.2) is 30.6 Å². The summed E-state index contributed by atoms with van der Waals surface area (Å²) in [7, 11) is 0. The number of hydroxylamine groups is 1. The average molecular weight is 266 g/mol. The topological polar surface area (TPSA) is 91.2 Å². The number of nitrogens with zero attached hydrogens (tertiary/aromatic N) is 3. The highest BCUT2D eigenvalue weighted by Gasteiger charge is 2.15. The van der Waals surface area contributed by atoms with Crippen LogP contribution < -0.4 is 10.8 Å². The Balaban J connectivity index is 2.33. The summed E-state index contributed by atoms with van der Waals surface area (Å²) in [6.07, 6.45) is 2.83. The Labute approximate surface area is 109 Å². The van der Waals surface area contributed by atoms with Gasteiger partial charge in [-0.15, -0.1) is 0 Å². The minimum atomic E-state index is -0.239. The van der Waals surface area contributed by atoms with E-state index in [1.54, 1.807) is 25.1 Å². The van der Waals surface area contributed by atoms with Gasteiger partial charge in [-0.25, -0.2) is 4.68 Å². The molecule has 0 radical (unpaired) electrons.